The van der Waals surface area contributed by atoms with Crippen LogP contribution in [0.5, 0.6) is 0 Å². The fraction of sp³-hybridized carbons (Fsp3) is 0.500. The highest BCUT2D eigenvalue weighted by atomic mass is 27.0. The summed E-state index contributed by atoms with van der Waals surface area (Å²) < 4.78 is 25.1. The van der Waals surface area contributed by atoms with Crippen LogP contribution in [0.2, 0.25) is 0 Å². The van der Waals surface area contributed by atoms with Gasteiger partial charge in [-0.05, 0) is 6.07 Å². The third-order valence-electron chi connectivity index (χ3n) is 1.69. The molecule has 2 nitrogen and oxygen atoms in total. The van der Waals surface area contributed by atoms with E-state index in [-0.39, 0.29) is 5.56 Å². The molecule has 1 rings (SSSR count). The van der Waals surface area contributed by atoms with Crippen molar-refractivity contribution in [1.82, 2.24) is 4.98 Å². The van der Waals surface area contributed by atoms with Crippen molar-refractivity contribution in [1.29, 1.82) is 0 Å². The van der Waals surface area contributed by atoms with Crippen molar-refractivity contribution in [3.63, 3.8) is 0 Å². The zero-order chi connectivity index (χ0) is 12.0. The van der Waals surface area contributed by atoms with E-state index in [1.165, 1.54) is 6.07 Å². The van der Waals surface area contributed by atoms with Crippen LogP contribution in [-0.4, -0.2) is 35.4 Å². The van der Waals surface area contributed by atoms with Gasteiger partial charge in [0, 0.05) is 25.9 Å². The van der Waals surface area contributed by atoms with Gasteiger partial charge in [0.2, 0.25) is 16.3 Å². The molecule has 0 atom stereocenters. The third-order valence-corrected chi connectivity index (χ3v) is 2.17. The second-order valence-corrected chi connectivity index (χ2v) is 3.41. The van der Waals surface area contributed by atoms with Gasteiger partial charge in [0.1, 0.15) is 0 Å². The van der Waals surface area contributed by atoms with E-state index >= 15 is 0 Å². The fourth-order valence-corrected chi connectivity index (χ4v) is 1.18. The van der Waals surface area contributed by atoms with Gasteiger partial charge in [-0.15, -0.1) is 0 Å². The van der Waals surface area contributed by atoms with Gasteiger partial charge >= 0.3 is 0 Å². The number of alkyl halides is 2. The van der Waals surface area contributed by atoms with Crippen LogP contribution in [-0.2, 0) is 0 Å². The van der Waals surface area contributed by atoms with Crippen molar-refractivity contribution in [3.8, 4) is 0 Å². The first kappa shape index (κ1) is 14.3. The lowest BCUT2D eigenvalue weighted by Crippen LogP contribution is -2.18. The van der Waals surface area contributed by atoms with Crippen LogP contribution in [0.3, 0.4) is 0 Å². The van der Waals surface area contributed by atoms with Gasteiger partial charge in [-0.25, -0.2) is 8.78 Å². The van der Waals surface area contributed by atoms with Crippen molar-refractivity contribution in [3.05, 3.63) is 17.8 Å². The average molecular weight is 228 g/mol. The molecule has 1 heterocycles. The molecule has 0 N–H and O–H groups in total. The number of hydrogen-bond acceptors (Lipinski definition) is 2. The van der Waals surface area contributed by atoms with Gasteiger partial charge in [0.15, 0.2) is 0 Å². The smallest absolute Gasteiger partial charge is 0.264 e. The number of aromatic nitrogens is 1. The lowest BCUT2D eigenvalue weighted by Gasteiger charge is -2.14. The largest absolute Gasteiger partial charge is 0.376 e. The molecule has 5 heteroatoms. The van der Waals surface area contributed by atoms with E-state index in [0.717, 1.165) is 0 Å². The molecule has 0 unspecified atom stereocenters. The molecule has 0 saturated carbocycles. The first-order chi connectivity index (χ1) is 7.02. The minimum absolute atomic E-state index is 0.0313. The number of pyridine rings is 1. The van der Waals surface area contributed by atoms with Crippen LogP contribution in [0.25, 0.3) is 0 Å². The summed E-state index contributed by atoms with van der Waals surface area (Å²) in [5.41, 5.74) is 0.651. The van der Waals surface area contributed by atoms with Crippen LogP contribution < -0.4 is 9.46 Å². The molecule has 82 valence electrons. The number of halogens is 2. The summed E-state index contributed by atoms with van der Waals surface area (Å²) in [4.78, 5) is 5.60. The Bertz CT molecular complexity index is 303. The van der Waals surface area contributed by atoms with Crippen LogP contribution in [0, 0.1) is 0 Å². The normalized spacial score (nSPS) is 9.53. The second-order valence-electron chi connectivity index (χ2n) is 2.86. The molecule has 1 aromatic rings. The SMILES string of the molecule is CC.CN(C)c1cn[c]([Al])c(C(F)F)c1. The maximum atomic E-state index is 12.4. The summed E-state index contributed by atoms with van der Waals surface area (Å²) in [5, 5.41) is 0. The molecular weight excluding hydrogens is 213 g/mol. The highest BCUT2D eigenvalue weighted by Crippen LogP contribution is 2.19. The predicted octanol–water partition coefficient (Wildman–Crippen LogP) is 1.91. The van der Waals surface area contributed by atoms with Gasteiger partial charge in [0.25, 0.3) is 6.43 Å². The lowest BCUT2D eigenvalue weighted by molar-refractivity contribution is 0.152. The molecule has 0 fully saturated rings. The zero-order valence-corrected chi connectivity index (χ0v) is 10.6. The molecule has 0 bridgehead atoms. The Morgan fingerprint density at radius 3 is 2.27 bits per heavy atom. The molecule has 0 amide bonds. The monoisotopic (exact) mass is 228 g/mol. The summed E-state index contributed by atoms with van der Waals surface area (Å²) in [6.45, 7) is 4.00. The molecule has 0 saturated heterocycles. The lowest BCUT2D eigenvalue weighted by atomic mass is 10.2. The second kappa shape index (κ2) is 6.76. The van der Waals surface area contributed by atoms with Crippen LogP contribution in [0.4, 0.5) is 14.5 Å². The molecule has 0 aliphatic carbocycles. The van der Waals surface area contributed by atoms with Gasteiger partial charge in [-0.3, -0.25) is 4.98 Å². The third kappa shape index (κ3) is 4.15. The zero-order valence-electron chi connectivity index (χ0n) is 9.46. The van der Waals surface area contributed by atoms with E-state index in [1.807, 2.05) is 13.8 Å². The summed E-state index contributed by atoms with van der Waals surface area (Å²) in [6, 6.07) is 1.44. The summed E-state index contributed by atoms with van der Waals surface area (Å²) in [5.74, 6) is 0. The highest BCUT2D eigenvalue weighted by molar-refractivity contribution is 6.31. The molecule has 0 aliphatic heterocycles. The van der Waals surface area contributed by atoms with E-state index in [9.17, 15) is 8.78 Å². The number of rotatable bonds is 2. The van der Waals surface area contributed by atoms with E-state index in [1.54, 1.807) is 25.2 Å². The van der Waals surface area contributed by atoms with Crippen molar-refractivity contribution in [2.75, 3.05) is 19.0 Å². The van der Waals surface area contributed by atoms with Crippen LogP contribution in [0.15, 0.2) is 12.3 Å². The molecule has 1 aromatic heterocycles. The Morgan fingerprint density at radius 1 is 1.33 bits per heavy atom. The fourth-order valence-electron chi connectivity index (χ4n) is 0.900. The molecule has 0 aromatic carbocycles. The highest BCUT2D eigenvalue weighted by Gasteiger charge is 2.11. The van der Waals surface area contributed by atoms with Gasteiger partial charge in [0.05, 0.1) is 5.69 Å². The maximum Gasteiger partial charge on any atom is 0.264 e. The molecule has 15 heavy (non-hydrogen) atoms. The Labute approximate surface area is 97.7 Å². The van der Waals surface area contributed by atoms with Gasteiger partial charge in [-0.1, -0.05) is 18.4 Å². The Hall–Kier alpha value is -0.658. The van der Waals surface area contributed by atoms with E-state index in [0.29, 0.717) is 10.2 Å². The van der Waals surface area contributed by atoms with E-state index in [4.69, 9.17) is 0 Å². The molecule has 2 radical (unpaired) electrons. The molecule has 0 aliphatic rings. The Balaban J connectivity index is 0.000000921. The standard InChI is InChI=1S/C8H9F2N2.C2H6.Al/c1-12(2)7-3-6(8(9)10)4-11-5-7;1-2;/h3,5,8H,1-2H3;1-2H3;. The Morgan fingerprint density at radius 2 is 1.87 bits per heavy atom. The predicted molar refractivity (Wildman–Crippen MR) is 60.3 cm³/mol. The maximum absolute atomic E-state index is 12.4. The number of hydrogen-bond donors (Lipinski definition) is 0. The van der Waals surface area contributed by atoms with Crippen LogP contribution >= 0.6 is 0 Å². The van der Waals surface area contributed by atoms with Crippen molar-refractivity contribution < 1.29 is 8.78 Å². The average Bonchev–Trinajstić information content (AvgIpc) is 2.20. The number of nitrogens with zero attached hydrogens (tertiary/aromatic N) is 2. The first-order valence-corrected chi connectivity index (χ1v) is 5.31. The van der Waals surface area contributed by atoms with Gasteiger partial charge in [-0.2, -0.15) is 0 Å². The van der Waals surface area contributed by atoms with Crippen molar-refractivity contribution >= 4 is 26.5 Å². The number of anilines is 1. The summed E-state index contributed by atoms with van der Waals surface area (Å²) >= 11 is 2.20. The van der Waals surface area contributed by atoms with Crippen molar-refractivity contribution in [2.24, 2.45) is 0 Å². The molecular formula is C10H15AlF2N2. The van der Waals surface area contributed by atoms with Gasteiger partial charge < -0.3 is 4.90 Å². The minimum atomic E-state index is -2.47. The first-order valence-electron chi connectivity index (χ1n) is 4.73. The molecule has 0 spiro atoms. The minimum Gasteiger partial charge on any atom is -0.376 e. The Kier molecular flexibility index (Phi) is 6.46. The van der Waals surface area contributed by atoms with Crippen molar-refractivity contribution in [2.45, 2.75) is 20.3 Å². The summed E-state index contributed by atoms with van der Waals surface area (Å²) in [6.07, 6.45) is -0.909. The summed E-state index contributed by atoms with van der Waals surface area (Å²) in [7, 11) is 3.57. The topological polar surface area (TPSA) is 16.1 Å². The van der Waals surface area contributed by atoms with Crippen LogP contribution in [0.1, 0.15) is 25.8 Å². The quantitative estimate of drug-likeness (QED) is 0.719. The van der Waals surface area contributed by atoms with E-state index < -0.39 is 6.43 Å². The van der Waals surface area contributed by atoms with E-state index in [2.05, 4.69) is 21.3 Å².